The summed E-state index contributed by atoms with van der Waals surface area (Å²) in [6, 6.07) is 13.8. The van der Waals surface area contributed by atoms with Crippen LogP contribution in [-0.4, -0.2) is 38.8 Å². The van der Waals surface area contributed by atoms with E-state index in [4.69, 9.17) is 13.7 Å². The predicted molar refractivity (Wildman–Crippen MR) is 108 cm³/mol. The molecule has 0 unspecified atom stereocenters. The van der Waals surface area contributed by atoms with Crippen LogP contribution >= 0.6 is 0 Å². The lowest BCUT2D eigenvalue weighted by Gasteiger charge is -2.09. The van der Waals surface area contributed by atoms with Crippen LogP contribution in [0.1, 0.15) is 12.5 Å². The number of hydrogen-bond acceptors (Lipinski definition) is 6. The van der Waals surface area contributed by atoms with Crippen LogP contribution in [0.25, 0.3) is 10.9 Å². The first-order chi connectivity index (χ1) is 13.9. The molecule has 3 rings (SSSR count). The van der Waals surface area contributed by atoms with E-state index in [9.17, 15) is 13.2 Å². The van der Waals surface area contributed by atoms with Gasteiger partial charge in [-0.05, 0) is 50.2 Å². The zero-order valence-electron chi connectivity index (χ0n) is 16.3. The van der Waals surface area contributed by atoms with Crippen LogP contribution < -0.4 is 4.74 Å². The quantitative estimate of drug-likeness (QED) is 0.302. The van der Waals surface area contributed by atoms with E-state index >= 15 is 0 Å². The summed E-state index contributed by atoms with van der Waals surface area (Å²) in [6.07, 6.45) is 1.81. The van der Waals surface area contributed by atoms with E-state index < -0.39 is 10.1 Å². The van der Waals surface area contributed by atoms with Crippen molar-refractivity contribution < 1.29 is 26.9 Å². The molecule has 3 aromatic rings. The lowest BCUT2D eigenvalue weighted by atomic mass is 10.2. The van der Waals surface area contributed by atoms with Gasteiger partial charge in [0.2, 0.25) is 0 Å². The van der Waals surface area contributed by atoms with Crippen molar-refractivity contribution in [2.45, 2.75) is 25.3 Å². The van der Waals surface area contributed by atoms with Gasteiger partial charge in [0.05, 0.1) is 11.5 Å². The minimum Gasteiger partial charge on any atom is -0.491 e. The second-order valence-electron chi connectivity index (χ2n) is 6.41. The molecule has 29 heavy (non-hydrogen) atoms. The van der Waals surface area contributed by atoms with E-state index in [-0.39, 0.29) is 30.6 Å². The van der Waals surface area contributed by atoms with Crippen LogP contribution in [0.15, 0.2) is 59.6 Å². The molecule has 0 spiro atoms. The average molecular weight is 417 g/mol. The molecule has 2 aromatic carbocycles. The molecule has 154 valence electrons. The van der Waals surface area contributed by atoms with Gasteiger partial charge in [0.25, 0.3) is 10.1 Å². The van der Waals surface area contributed by atoms with Gasteiger partial charge in [0.1, 0.15) is 25.5 Å². The van der Waals surface area contributed by atoms with Gasteiger partial charge in [-0.3, -0.25) is 8.98 Å². The Morgan fingerprint density at radius 3 is 2.52 bits per heavy atom. The van der Waals surface area contributed by atoms with Crippen LogP contribution in [0, 0.1) is 6.92 Å². The Morgan fingerprint density at radius 2 is 1.79 bits per heavy atom. The van der Waals surface area contributed by atoms with Crippen LogP contribution in [0.3, 0.4) is 0 Å². The fourth-order valence-electron chi connectivity index (χ4n) is 2.83. The molecule has 0 saturated carbocycles. The number of ether oxygens (including phenoxy) is 2. The van der Waals surface area contributed by atoms with E-state index in [1.54, 1.807) is 29.7 Å². The van der Waals surface area contributed by atoms with Crippen molar-refractivity contribution in [2.75, 3.05) is 19.8 Å². The van der Waals surface area contributed by atoms with Crippen LogP contribution in [0.4, 0.5) is 0 Å². The number of carbonyl (C=O) groups is 1. The van der Waals surface area contributed by atoms with Gasteiger partial charge in [0.15, 0.2) is 0 Å². The maximum atomic E-state index is 12.1. The average Bonchev–Trinajstić information content (AvgIpc) is 3.08. The second-order valence-corrected chi connectivity index (χ2v) is 8.02. The number of hydrogen-bond donors (Lipinski definition) is 0. The van der Waals surface area contributed by atoms with Gasteiger partial charge in [-0.2, -0.15) is 8.42 Å². The van der Waals surface area contributed by atoms with Crippen molar-refractivity contribution in [3.8, 4) is 5.75 Å². The summed E-state index contributed by atoms with van der Waals surface area (Å²) in [5.41, 5.74) is 1.85. The Hall–Kier alpha value is -2.84. The summed E-state index contributed by atoms with van der Waals surface area (Å²) in [6.45, 7) is 4.12. The van der Waals surface area contributed by atoms with Crippen molar-refractivity contribution in [1.29, 1.82) is 0 Å². The Labute approximate surface area is 169 Å². The summed E-state index contributed by atoms with van der Waals surface area (Å²) < 4.78 is 41.7. The highest BCUT2D eigenvalue weighted by atomic mass is 32.2. The van der Waals surface area contributed by atoms with E-state index in [0.29, 0.717) is 12.4 Å². The van der Waals surface area contributed by atoms with Gasteiger partial charge < -0.3 is 14.0 Å². The van der Waals surface area contributed by atoms with Crippen LogP contribution in [0.2, 0.25) is 0 Å². The Bertz CT molecular complexity index is 1090. The highest BCUT2D eigenvalue weighted by Gasteiger charge is 2.14. The van der Waals surface area contributed by atoms with Gasteiger partial charge >= 0.3 is 5.97 Å². The highest BCUT2D eigenvalue weighted by molar-refractivity contribution is 7.86. The van der Waals surface area contributed by atoms with E-state index in [1.165, 1.54) is 12.1 Å². The van der Waals surface area contributed by atoms with E-state index in [0.717, 1.165) is 16.5 Å². The SMILES string of the molecule is CCOC(=O)Cn1ccc2cc(OCCOS(=O)(=O)c3ccc(C)cc3)ccc21. The minimum absolute atomic E-state index is 0.0835. The van der Waals surface area contributed by atoms with E-state index in [1.807, 2.05) is 31.3 Å². The summed E-state index contributed by atoms with van der Waals surface area (Å²) in [7, 11) is -3.81. The summed E-state index contributed by atoms with van der Waals surface area (Å²) >= 11 is 0. The normalized spacial score (nSPS) is 11.5. The monoisotopic (exact) mass is 417 g/mol. The topological polar surface area (TPSA) is 83.8 Å². The van der Waals surface area contributed by atoms with Gasteiger partial charge in [-0.1, -0.05) is 17.7 Å². The zero-order valence-corrected chi connectivity index (χ0v) is 17.1. The third-order valence-corrected chi connectivity index (χ3v) is 5.57. The van der Waals surface area contributed by atoms with Crippen LogP contribution in [0.5, 0.6) is 5.75 Å². The number of benzene rings is 2. The number of rotatable bonds is 9. The molecular weight excluding hydrogens is 394 g/mol. The standard InChI is InChI=1S/C21H23NO6S/c1-3-26-21(23)15-22-11-10-17-14-18(6-9-20(17)22)27-12-13-28-29(24,25)19-7-4-16(2)5-8-19/h4-11,14H,3,12-13,15H2,1-2H3. The van der Waals surface area contributed by atoms with Gasteiger partial charge in [0, 0.05) is 17.1 Å². The first-order valence-electron chi connectivity index (χ1n) is 9.22. The maximum absolute atomic E-state index is 12.1. The molecule has 0 atom stereocenters. The smallest absolute Gasteiger partial charge is 0.325 e. The molecule has 0 bridgehead atoms. The molecule has 0 aliphatic rings. The van der Waals surface area contributed by atoms with Crippen molar-refractivity contribution in [3.63, 3.8) is 0 Å². The number of carbonyl (C=O) groups excluding carboxylic acids is 1. The second kappa shape index (κ2) is 9.11. The zero-order chi connectivity index (χ0) is 20.9. The Morgan fingerprint density at radius 1 is 1.03 bits per heavy atom. The predicted octanol–water partition coefficient (Wildman–Crippen LogP) is 3.30. The molecule has 7 nitrogen and oxygen atoms in total. The third-order valence-electron chi connectivity index (χ3n) is 4.25. The summed E-state index contributed by atoms with van der Waals surface area (Å²) in [5.74, 6) is 0.292. The largest absolute Gasteiger partial charge is 0.491 e. The number of nitrogens with zero attached hydrogens (tertiary/aromatic N) is 1. The molecule has 0 aliphatic carbocycles. The van der Waals surface area contributed by atoms with Crippen molar-refractivity contribution in [1.82, 2.24) is 4.57 Å². The molecule has 0 amide bonds. The first kappa shape index (κ1) is 20.9. The molecule has 0 fully saturated rings. The molecular formula is C21H23NO6S. The van der Waals surface area contributed by atoms with Crippen molar-refractivity contribution in [3.05, 3.63) is 60.3 Å². The maximum Gasteiger partial charge on any atom is 0.325 e. The molecule has 0 radical (unpaired) electrons. The number of fused-ring (bicyclic) bond motifs is 1. The summed E-state index contributed by atoms with van der Waals surface area (Å²) in [4.78, 5) is 11.8. The van der Waals surface area contributed by atoms with Gasteiger partial charge in [-0.15, -0.1) is 0 Å². The molecule has 8 heteroatoms. The third kappa shape index (κ3) is 5.36. The Balaban J connectivity index is 1.55. The first-order valence-corrected chi connectivity index (χ1v) is 10.6. The highest BCUT2D eigenvalue weighted by Crippen LogP contribution is 2.22. The minimum atomic E-state index is -3.81. The van der Waals surface area contributed by atoms with Crippen molar-refractivity contribution >= 4 is 27.0 Å². The van der Waals surface area contributed by atoms with Crippen LogP contribution in [-0.2, 0) is 30.4 Å². The molecule has 1 heterocycles. The fraction of sp³-hybridized carbons (Fsp3) is 0.286. The fourth-order valence-corrected chi connectivity index (χ4v) is 3.72. The lowest BCUT2D eigenvalue weighted by molar-refractivity contribution is -0.143. The number of esters is 1. The molecule has 0 N–H and O–H groups in total. The molecule has 0 aliphatic heterocycles. The number of aromatic nitrogens is 1. The lowest BCUT2D eigenvalue weighted by Crippen LogP contribution is -2.13. The summed E-state index contributed by atoms with van der Waals surface area (Å²) in [5, 5.41) is 0.903. The van der Waals surface area contributed by atoms with E-state index in [2.05, 4.69) is 0 Å². The number of aryl methyl sites for hydroxylation is 1. The molecule has 0 saturated heterocycles. The van der Waals surface area contributed by atoms with Crippen molar-refractivity contribution in [2.24, 2.45) is 0 Å². The molecule has 1 aromatic heterocycles. The Kier molecular flexibility index (Phi) is 6.56. The van der Waals surface area contributed by atoms with Gasteiger partial charge in [-0.25, -0.2) is 0 Å².